The van der Waals surface area contributed by atoms with Crippen LogP contribution >= 0.6 is 0 Å². The van der Waals surface area contributed by atoms with Gasteiger partial charge in [-0.2, -0.15) is 0 Å². The highest BCUT2D eigenvalue weighted by molar-refractivity contribution is 7.92. The zero-order chi connectivity index (χ0) is 19.8. The van der Waals surface area contributed by atoms with E-state index in [0.29, 0.717) is 0 Å². The lowest BCUT2D eigenvalue weighted by Crippen LogP contribution is -2.25. The fourth-order valence-corrected chi connectivity index (χ4v) is 3.88. The fourth-order valence-electron chi connectivity index (χ4n) is 2.59. The van der Waals surface area contributed by atoms with Crippen LogP contribution in [-0.4, -0.2) is 32.5 Å². The fraction of sp³-hybridized carbons (Fsp3) is 0.0588. The second-order valence-electron chi connectivity index (χ2n) is 5.45. The number of sulfonamides is 1. The van der Waals surface area contributed by atoms with Crippen LogP contribution in [0.5, 0.6) is 0 Å². The topological polar surface area (TPSA) is 128 Å². The number of carbonyl (C=O) groups is 2. The minimum Gasteiger partial charge on any atom is -0.543 e. The van der Waals surface area contributed by atoms with Crippen LogP contribution in [0.25, 0.3) is 10.9 Å². The molecule has 0 radical (unpaired) electrons. The average Bonchev–Trinajstić information content (AvgIpc) is 2.98. The summed E-state index contributed by atoms with van der Waals surface area (Å²) >= 11 is 0. The Morgan fingerprint density at radius 2 is 1.89 bits per heavy atom. The minimum atomic E-state index is -4.41. The third kappa shape index (κ3) is 3.34. The van der Waals surface area contributed by atoms with E-state index in [0.717, 1.165) is 25.3 Å². The zero-order valence-corrected chi connectivity index (χ0v) is 14.6. The number of aromatic carboxylic acids is 1. The molecule has 8 nitrogen and oxygen atoms in total. The van der Waals surface area contributed by atoms with Gasteiger partial charge in [-0.25, -0.2) is 17.6 Å². The van der Waals surface area contributed by atoms with Crippen molar-refractivity contribution in [1.29, 1.82) is 0 Å². The standard InChI is InChI=1S/C17H13FN2O6S/c1-26-17(23)10-4-2-3-5-13(10)27(24,25)20-14-11-8-9(18)6-7-12(11)19-15(14)16(21)22/h2-8,19-20H,1H3,(H,21,22)/p-1. The van der Waals surface area contributed by atoms with Gasteiger partial charge in [0.25, 0.3) is 10.0 Å². The maximum absolute atomic E-state index is 13.6. The molecule has 0 aliphatic heterocycles. The molecule has 0 bridgehead atoms. The van der Waals surface area contributed by atoms with Gasteiger partial charge in [-0.1, -0.05) is 12.1 Å². The zero-order valence-electron chi connectivity index (χ0n) is 13.8. The third-order valence-electron chi connectivity index (χ3n) is 3.78. The molecule has 1 heterocycles. The van der Waals surface area contributed by atoms with E-state index in [1.807, 2.05) is 0 Å². The Morgan fingerprint density at radius 3 is 2.56 bits per heavy atom. The molecule has 1 aromatic heterocycles. The number of fused-ring (bicyclic) bond motifs is 1. The number of carboxylic acids is 1. The molecule has 2 aromatic carbocycles. The maximum atomic E-state index is 13.6. The van der Waals surface area contributed by atoms with Crippen LogP contribution < -0.4 is 9.83 Å². The Bertz CT molecular complexity index is 1170. The molecule has 0 aliphatic carbocycles. The number of halogens is 1. The van der Waals surface area contributed by atoms with E-state index in [-0.39, 0.29) is 16.5 Å². The summed E-state index contributed by atoms with van der Waals surface area (Å²) in [6, 6.07) is 8.55. The predicted octanol–water partition coefficient (Wildman–Crippen LogP) is 1.26. The molecule has 0 saturated heterocycles. The molecule has 3 aromatic rings. The van der Waals surface area contributed by atoms with Crippen LogP contribution in [0.4, 0.5) is 10.1 Å². The molecule has 2 N–H and O–H groups in total. The van der Waals surface area contributed by atoms with Crippen molar-refractivity contribution < 1.29 is 32.2 Å². The smallest absolute Gasteiger partial charge is 0.339 e. The van der Waals surface area contributed by atoms with E-state index >= 15 is 0 Å². The number of rotatable bonds is 5. The van der Waals surface area contributed by atoms with Crippen molar-refractivity contribution in [3.05, 3.63) is 59.5 Å². The number of esters is 1. The number of carbonyl (C=O) groups excluding carboxylic acids is 2. The van der Waals surface area contributed by atoms with E-state index in [4.69, 9.17) is 0 Å². The molecular formula is C17H12FN2O6S-. The normalized spacial score (nSPS) is 11.3. The quantitative estimate of drug-likeness (QED) is 0.630. The number of carboxylic acid groups (broad SMARTS) is 1. The molecule has 0 unspecified atom stereocenters. The highest BCUT2D eigenvalue weighted by Crippen LogP contribution is 2.31. The van der Waals surface area contributed by atoms with E-state index in [2.05, 4.69) is 14.4 Å². The van der Waals surface area contributed by atoms with Gasteiger partial charge in [0.2, 0.25) is 0 Å². The predicted molar refractivity (Wildman–Crippen MR) is 91.2 cm³/mol. The van der Waals surface area contributed by atoms with Crippen molar-refractivity contribution in [3.8, 4) is 0 Å². The summed E-state index contributed by atoms with van der Waals surface area (Å²) in [5, 5.41) is 11.4. The lowest BCUT2D eigenvalue weighted by atomic mass is 10.2. The molecular weight excluding hydrogens is 379 g/mol. The Labute approximate surface area is 152 Å². The lowest BCUT2D eigenvalue weighted by molar-refractivity contribution is -0.255. The first-order chi connectivity index (χ1) is 12.7. The number of hydrogen-bond donors (Lipinski definition) is 2. The summed E-state index contributed by atoms with van der Waals surface area (Å²) in [6.45, 7) is 0. The van der Waals surface area contributed by atoms with Gasteiger partial charge in [0.1, 0.15) is 10.7 Å². The Balaban J connectivity index is 2.18. The van der Waals surface area contributed by atoms with Crippen LogP contribution in [-0.2, 0) is 14.8 Å². The number of methoxy groups -OCH3 is 1. The van der Waals surface area contributed by atoms with Crippen LogP contribution in [0.2, 0.25) is 0 Å². The molecule has 0 atom stereocenters. The molecule has 10 heteroatoms. The van der Waals surface area contributed by atoms with Gasteiger partial charge >= 0.3 is 5.97 Å². The van der Waals surface area contributed by atoms with Gasteiger partial charge in [0.05, 0.1) is 30.0 Å². The Kier molecular flexibility index (Phi) is 4.58. The highest BCUT2D eigenvalue weighted by Gasteiger charge is 2.25. The van der Waals surface area contributed by atoms with Gasteiger partial charge in [-0.05, 0) is 30.3 Å². The highest BCUT2D eigenvalue weighted by atomic mass is 32.2. The summed E-state index contributed by atoms with van der Waals surface area (Å²) in [5.74, 6) is -3.27. The van der Waals surface area contributed by atoms with Gasteiger partial charge in [-0.15, -0.1) is 0 Å². The third-order valence-corrected chi connectivity index (χ3v) is 5.19. The number of anilines is 1. The van der Waals surface area contributed by atoms with Crippen molar-refractivity contribution in [2.75, 3.05) is 11.8 Å². The lowest BCUT2D eigenvalue weighted by Gasteiger charge is -2.12. The monoisotopic (exact) mass is 391 g/mol. The molecule has 0 aliphatic rings. The minimum absolute atomic E-state index is 0.00618. The molecule has 3 rings (SSSR count). The molecule has 0 amide bonds. The van der Waals surface area contributed by atoms with Crippen LogP contribution in [0.3, 0.4) is 0 Å². The van der Waals surface area contributed by atoms with Crippen molar-refractivity contribution in [2.24, 2.45) is 0 Å². The van der Waals surface area contributed by atoms with Crippen molar-refractivity contribution >= 4 is 38.6 Å². The summed E-state index contributed by atoms with van der Waals surface area (Å²) in [4.78, 5) is 25.3. The van der Waals surface area contributed by atoms with E-state index in [1.165, 1.54) is 24.3 Å². The first-order valence-electron chi connectivity index (χ1n) is 7.47. The van der Waals surface area contributed by atoms with Gasteiger partial charge in [-0.3, -0.25) is 4.72 Å². The largest absolute Gasteiger partial charge is 0.543 e. The van der Waals surface area contributed by atoms with Gasteiger partial charge in [0.15, 0.2) is 0 Å². The summed E-state index contributed by atoms with van der Waals surface area (Å²) < 4.78 is 45.9. The molecule has 0 spiro atoms. The van der Waals surface area contributed by atoms with Crippen LogP contribution in [0.1, 0.15) is 20.8 Å². The number of aromatic nitrogens is 1. The average molecular weight is 391 g/mol. The van der Waals surface area contributed by atoms with Gasteiger partial charge < -0.3 is 19.6 Å². The molecule has 0 fully saturated rings. The van der Waals surface area contributed by atoms with E-state index in [9.17, 15) is 27.5 Å². The second-order valence-corrected chi connectivity index (χ2v) is 7.10. The first kappa shape index (κ1) is 18.4. The van der Waals surface area contributed by atoms with Crippen molar-refractivity contribution in [1.82, 2.24) is 4.98 Å². The molecule has 27 heavy (non-hydrogen) atoms. The molecule has 140 valence electrons. The van der Waals surface area contributed by atoms with Gasteiger partial charge in [0, 0.05) is 10.9 Å². The van der Waals surface area contributed by atoms with Crippen molar-refractivity contribution in [3.63, 3.8) is 0 Å². The van der Waals surface area contributed by atoms with Crippen LogP contribution in [0, 0.1) is 5.82 Å². The second kappa shape index (κ2) is 6.72. The van der Waals surface area contributed by atoms with Crippen molar-refractivity contribution in [2.45, 2.75) is 4.90 Å². The number of aromatic amines is 1. The van der Waals surface area contributed by atoms with E-state index < -0.39 is 44.1 Å². The number of nitrogens with one attached hydrogen (secondary N) is 2. The number of ether oxygens (including phenoxy) is 1. The maximum Gasteiger partial charge on any atom is 0.339 e. The SMILES string of the molecule is COC(=O)c1ccccc1S(=O)(=O)Nc1c(C(=O)[O-])[nH]c2ccc(F)cc12. The number of hydrogen-bond acceptors (Lipinski definition) is 6. The summed E-state index contributed by atoms with van der Waals surface area (Å²) in [6.07, 6.45) is 0. The number of benzene rings is 2. The van der Waals surface area contributed by atoms with Crippen LogP contribution in [0.15, 0.2) is 47.4 Å². The Hall–Kier alpha value is -3.40. The first-order valence-corrected chi connectivity index (χ1v) is 8.95. The summed E-state index contributed by atoms with van der Waals surface area (Å²) in [5.41, 5.74) is -1.03. The molecule has 0 saturated carbocycles. The number of H-pyrrole nitrogens is 1. The Morgan fingerprint density at radius 1 is 1.19 bits per heavy atom. The van der Waals surface area contributed by atoms with E-state index in [1.54, 1.807) is 0 Å². The summed E-state index contributed by atoms with van der Waals surface area (Å²) in [7, 11) is -3.32.